The van der Waals surface area contributed by atoms with Crippen molar-refractivity contribution >= 4 is 23.4 Å². The first-order chi connectivity index (χ1) is 8.20. The first-order valence-corrected chi connectivity index (χ1v) is 7.57. The van der Waals surface area contributed by atoms with Gasteiger partial charge in [0.25, 0.3) is 0 Å². The van der Waals surface area contributed by atoms with E-state index >= 15 is 0 Å². The fourth-order valence-corrected chi connectivity index (χ4v) is 3.51. The lowest BCUT2D eigenvalue weighted by atomic mass is 10.2. The molecule has 0 saturated heterocycles. The van der Waals surface area contributed by atoms with Crippen molar-refractivity contribution in [2.75, 3.05) is 6.26 Å². The van der Waals surface area contributed by atoms with Crippen molar-refractivity contribution in [1.29, 1.82) is 0 Å². The number of benzene rings is 1. The molecule has 1 aromatic rings. The molecule has 1 aliphatic rings. The van der Waals surface area contributed by atoms with Gasteiger partial charge in [0, 0.05) is 17.8 Å². The van der Waals surface area contributed by atoms with Gasteiger partial charge in [-0.3, -0.25) is 0 Å². The van der Waals surface area contributed by atoms with Gasteiger partial charge in [0.05, 0.1) is 5.02 Å². The van der Waals surface area contributed by atoms with Gasteiger partial charge in [-0.1, -0.05) is 24.1 Å². The summed E-state index contributed by atoms with van der Waals surface area (Å²) in [5.41, 5.74) is 1.04. The van der Waals surface area contributed by atoms with Gasteiger partial charge >= 0.3 is 0 Å². The van der Waals surface area contributed by atoms with Gasteiger partial charge in [0.1, 0.15) is 5.82 Å². The van der Waals surface area contributed by atoms with Crippen molar-refractivity contribution in [2.45, 2.75) is 37.1 Å². The van der Waals surface area contributed by atoms with E-state index in [4.69, 9.17) is 11.6 Å². The zero-order valence-corrected chi connectivity index (χ0v) is 11.5. The van der Waals surface area contributed by atoms with Gasteiger partial charge in [-0.05, 0) is 36.8 Å². The molecule has 0 bridgehead atoms. The maximum Gasteiger partial charge on any atom is 0.141 e. The summed E-state index contributed by atoms with van der Waals surface area (Å²) >= 11 is 7.69. The van der Waals surface area contributed by atoms with Crippen LogP contribution in [0.5, 0.6) is 0 Å². The molecule has 1 aliphatic carbocycles. The Balaban J connectivity index is 1.91. The molecule has 17 heavy (non-hydrogen) atoms. The van der Waals surface area contributed by atoms with E-state index in [0.717, 1.165) is 12.1 Å². The zero-order chi connectivity index (χ0) is 12.3. The molecule has 0 aliphatic heterocycles. The Morgan fingerprint density at radius 3 is 3.00 bits per heavy atom. The fourth-order valence-electron chi connectivity index (χ4n) is 2.34. The van der Waals surface area contributed by atoms with Crippen LogP contribution in [0.3, 0.4) is 0 Å². The van der Waals surface area contributed by atoms with Gasteiger partial charge in [-0.25, -0.2) is 4.39 Å². The molecule has 2 unspecified atom stereocenters. The second kappa shape index (κ2) is 6.07. The van der Waals surface area contributed by atoms with Crippen LogP contribution in [-0.2, 0) is 6.54 Å². The van der Waals surface area contributed by atoms with Crippen LogP contribution < -0.4 is 5.32 Å². The van der Waals surface area contributed by atoms with E-state index in [1.165, 1.54) is 25.3 Å². The highest BCUT2D eigenvalue weighted by Crippen LogP contribution is 2.28. The van der Waals surface area contributed by atoms with E-state index in [9.17, 15) is 4.39 Å². The molecule has 4 heteroatoms. The Hall–Kier alpha value is -0.250. The molecule has 0 amide bonds. The highest BCUT2D eigenvalue weighted by atomic mass is 35.5. The van der Waals surface area contributed by atoms with Crippen molar-refractivity contribution in [1.82, 2.24) is 5.32 Å². The van der Waals surface area contributed by atoms with Gasteiger partial charge in [-0.2, -0.15) is 11.8 Å². The summed E-state index contributed by atoms with van der Waals surface area (Å²) < 4.78 is 13.0. The van der Waals surface area contributed by atoms with E-state index in [2.05, 4.69) is 11.6 Å². The predicted molar refractivity (Wildman–Crippen MR) is 73.2 cm³/mol. The Labute approximate surface area is 111 Å². The lowest BCUT2D eigenvalue weighted by Gasteiger charge is -2.19. The van der Waals surface area contributed by atoms with E-state index in [1.807, 2.05) is 11.8 Å². The SMILES string of the molecule is CSC1CCCC1NCc1ccc(F)c(Cl)c1. The second-order valence-corrected chi connectivity index (χ2v) is 5.93. The van der Waals surface area contributed by atoms with Crippen LogP contribution in [0.4, 0.5) is 4.39 Å². The van der Waals surface area contributed by atoms with Gasteiger partial charge in [-0.15, -0.1) is 0 Å². The normalized spacial score (nSPS) is 24.2. The highest BCUT2D eigenvalue weighted by Gasteiger charge is 2.25. The van der Waals surface area contributed by atoms with Gasteiger partial charge in [0.2, 0.25) is 0 Å². The fraction of sp³-hybridized carbons (Fsp3) is 0.538. The molecule has 0 aromatic heterocycles. The number of halogens is 2. The third-order valence-corrected chi connectivity index (χ3v) is 4.77. The largest absolute Gasteiger partial charge is 0.309 e. The Bertz CT molecular complexity index is 386. The molecule has 1 saturated carbocycles. The Morgan fingerprint density at radius 1 is 1.47 bits per heavy atom. The number of hydrogen-bond acceptors (Lipinski definition) is 2. The van der Waals surface area contributed by atoms with E-state index in [-0.39, 0.29) is 10.8 Å². The molecule has 1 N–H and O–H groups in total. The minimum Gasteiger partial charge on any atom is -0.309 e. The number of thioether (sulfide) groups is 1. The summed E-state index contributed by atoms with van der Waals surface area (Å²) in [5, 5.41) is 4.46. The first kappa shape index (κ1) is 13.2. The van der Waals surface area contributed by atoms with Crippen LogP contribution in [0.1, 0.15) is 24.8 Å². The highest BCUT2D eigenvalue weighted by molar-refractivity contribution is 7.99. The van der Waals surface area contributed by atoms with Crippen molar-refractivity contribution in [3.63, 3.8) is 0 Å². The number of hydrogen-bond donors (Lipinski definition) is 1. The lowest BCUT2D eigenvalue weighted by Crippen LogP contribution is -2.33. The molecule has 2 atom stereocenters. The summed E-state index contributed by atoms with van der Waals surface area (Å²) in [6.07, 6.45) is 6.00. The summed E-state index contributed by atoms with van der Waals surface area (Å²) in [6, 6.07) is 5.50. The van der Waals surface area contributed by atoms with Crippen LogP contribution in [-0.4, -0.2) is 17.5 Å². The van der Waals surface area contributed by atoms with Crippen LogP contribution >= 0.6 is 23.4 Å². The van der Waals surface area contributed by atoms with E-state index in [0.29, 0.717) is 11.3 Å². The second-order valence-electron chi connectivity index (χ2n) is 4.44. The van der Waals surface area contributed by atoms with Crippen LogP contribution in [0.15, 0.2) is 18.2 Å². The van der Waals surface area contributed by atoms with Crippen molar-refractivity contribution in [2.24, 2.45) is 0 Å². The predicted octanol–water partition coefficient (Wildman–Crippen LogP) is 3.85. The number of rotatable bonds is 4. The molecule has 0 spiro atoms. The Kier molecular flexibility index (Phi) is 4.71. The zero-order valence-electron chi connectivity index (χ0n) is 9.88. The van der Waals surface area contributed by atoms with E-state index < -0.39 is 0 Å². The minimum atomic E-state index is -0.349. The summed E-state index contributed by atoms with van der Waals surface area (Å²) in [7, 11) is 0. The molecule has 1 aromatic carbocycles. The first-order valence-electron chi connectivity index (χ1n) is 5.91. The molecule has 0 heterocycles. The average molecular weight is 274 g/mol. The molecular weight excluding hydrogens is 257 g/mol. The minimum absolute atomic E-state index is 0.206. The summed E-state index contributed by atoms with van der Waals surface area (Å²) in [4.78, 5) is 0. The maximum atomic E-state index is 13.0. The van der Waals surface area contributed by atoms with Crippen LogP contribution in [0.25, 0.3) is 0 Å². The molecule has 2 rings (SSSR count). The topological polar surface area (TPSA) is 12.0 Å². The molecular formula is C13H17ClFNS. The van der Waals surface area contributed by atoms with E-state index in [1.54, 1.807) is 12.1 Å². The van der Waals surface area contributed by atoms with Crippen molar-refractivity contribution < 1.29 is 4.39 Å². The third-order valence-electron chi connectivity index (χ3n) is 3.31. The summed E-state index contributed by atoms with van der Waals surface area (Å²) in [6.45, 7) is 0.766. The molecule has 1 nitrogen and oxygen atoms in total. The quantitative estimate of drug-likeness (QED) is 0.894. The number of nitrogens with one attached hydrogen (secondary N) is 1. The van der Waals surface area contributed by atoms with Crippen LogP contribution in [0, 0.1) is 5.82 Å². The lowest BCUT2D eigenvalue weighted by molar-refractivity contribution is 0.531. The average Bonchev–Trinajstić information content (AvgIpc) is 2.78. The molecule has 0 radical (unpaired) electrons. The monoisotopic (exact) mass is 273 g/mol. The third kappa shape index (κ3) is 3.36. The smallest absolute Gasteiger partial charge is 0.141 e. The molecule has 1 fully saturated rings. The van der Waals surface area contributed by atoms with Crippen molar-refractivity contribution in [3.05, 3.63) is 34.6 Å². The van der Waals surface area contributed by atoms with Gasteiger partial charge in [0.15, 0.2) is 0 Å². The summed E-state index contributed by atoms with van der Waals surface area (Å²) in [5.74, 6) is -0.349. The standard InChI is InChI=1S/C13H17ClFNS/c1-17-13-4-2-3-12(13)16-8-9-5-6-11(15)10(14)7-9/h5-7,12-13,16H,2-4,8H2,1H3. The van der Waals surface area contributed by atoms with Crippen LogP contribution in [0.2, 0.25) is 5.02 Å². The molecule has 94 valence electrons. The Morgan fingerprint density at radius 2 is 2.29 bits per heavy atom. The maximum absolute atomic E-state index is 13.0. The van der Waals surface area contributed by atoms with Gasteiger partial charge < -0.3 is 5.32 Å². The van der Waals surface area contributed by atoms with Crippen molar-refractivity contribution in [3.8, 4) is 0 Å².